The van der Waals surface area contributed by atoms with E-state index in [4.69, 9.17) is 0 Å². The van der Waals surface area contributed by atoms with Gasteiger partial charge in [-0.25, -0.2) is 13.2 Å². The molecule has 0 bridgehead atoms. The molecule has 4 heteroatoms. The van der Waals surface area contributed by atoms with Crippen LogP contribution in [-0.2, 0) is 0 Å². The van der Waals surface area contributed by atoms with Crippen molar-refractivity contribution in [1.82, 2.24) is 0 Å². The number of alkyl halides is 3. The molecule has 0 spiro atoms. The topological polar surface area (TPSA) is 0 Å². The minimum atomic E-state index is -1.95. The van der Waals surface area contributed by atoms with E-state index in [9.17, 15) is 17.6 Å². The zero-order chi connectivity index (χ0) is 8.69. The molecule has 0 aromatic rings. The zero-order valence-corrected chi connectivity index (χ0v) is 5.94. The largest absolute Gasteiger partial charge is 0.251 e. The molecule has 0 fully saturated rings. The third-order valence-corrected chi connectivity index (χ3v) is 1.22. The Kier molecular flexibility index (Phi) is 5.88. The van der Waals surface area contributed by atoms with Crippen LogP contribution in [0.3, 0.4) is 0 Å². The van der Waals surface area contributed by atoms with Crippen molar-refractivity contribution in [3.05, 3.63) is 12.4 Å². The Morgan fingerprint density at radius 3 is 2.36 bits per heavy atom. The molecule has 0 aromatic carbocycles. The Labute approximate surface area is 62.9 Å². The van der Waals surface area contributed by atoms with Crippen molar-refractivity contribution in [2.45, 2.75) is 25.2 Å². The predicted molar refractivity (Wildman–Crippen MR) is 35.2 cm³/mol. The van der Waals surface area contributed by atoms with Gasteiger partial charge in [0, 0.05) is 0 Å². The lowest BCUT2D eigenvalue weighted by Crippen LogP contribution is -2.14. The van der Waals surface area contributed by atoms with Gasteiger partial charge in [0.05, 0.1) is 13.0 Å². The van der Waals surface area contributed by atoms with Crippen LogP contribution in [0.2, 0.25) is 0 Å². The molecule has 0 radical (unpaired) electrons. The molecule has 2 atom stereocenters. The van der Waals surface area contributed by atoms with Crippen molar-refractivity contribution in [3.8, 4) is 0 Å². The second-order valence-electron chi connectivity index (χ2n) is 2.11. The molecule has 11 heavy (non-hydrogen) atoms. The Bertz CT molecular complexity index is 113. The lowest BCUT2D eigenvalue weighted by atomic mass is 10.1. The summed E-state index contributed by atoms with van der Waals surface area (Å²) >= 11 is 0. The van der Waals surface area contributed by atoms with Crippen LogP contribution < -0.4 is 0 Å². The molecule has 0 heterocycles. The first-order valence-electron chi connectivity index (χ1n) is 3.33. The monoisotopic (exact) mass is 170 g/mol. The molecule has 0 N–H and O–H groups in total. The van der Waals surface area contributed by atoms with Gasteiger partial charge in [-0.15, -0.1) is 0 Å². The van der Waals surface area contributed by atoms with E-state index < -0.39 is 19.0 Å². The summed E-state index contributed by atoms with van der Waals surface area (Å²) in [6.07, 6.45) is -3.55. The van der Waals surface area contributed by atoms with Crippen molar-refractivity contribution in [2.75, 3.05) is 6.67 Å². The molecule has 0 saturated heterocycles. The zero-order valence-electron chi connectivity index (χ0n) is 5.94. The van der Waals surface area contributed by atoms with Crippen LogP contribution in [0.4, 0.5) is 17.6 Å². The van der Waals surface area contributed by atoms with Crippen molar-refractivity contribution < 1.29 is 17.6 Å². The summed E-state index contributed by atoms with van der Waals surface area (Å²) in [5.74, 6) is 0. The first kappa shape index (κ1) is 10.5. The van der Waals surface area contributed by atoms with Gasteiger partial charge in [-0.1, -0.05) is 0 Å². The second-order valence-corrected chi connectivity index (χ2v) is 2.11. The summed E-state index contributed by atoms with van der Waals surface area (Å²) in [6, 6.07) is 0. The lowest BCUT2D eigenvalue weighted by molar-refractivity contribution is 0.186. The predicted octanol–water partition coefficient (Wildman–Crippen LogP) is 2.90. The van der Waals surface area contributed by atoms with E-state index in [0.29, 0.717) is 6.08 Å². The van der Waals surface area contributed by atoms with Crippen molar-refractivity contribution in [1.29, 1.82) is 0 Å². The maximum absolute atomic E-state index is 12.4. The Morgan fingerprint density at radius 1 is 1.27 bits per heavy atom. The number of rotatable bonds is 5. The van der Waals surface area contributed by atoms with Crippen LogP contribution in [0.1, 0.15) is 12.8 Å². The number of hydrogen-bond donors (Lipinski definition) is 0. The molecular formula is C7H10F4. The molecule has 0 aromatic heterocycles. The number of allylic oxidation sites excluding steroid dienone is 1. The molecule has 0 amide bonds. The van der Waals surface area contributed by atoms with E-state index in [-0.39, 0.29) is 19.2 Å². The summed E-state index contributed by atoms with van der Waals surface area (Å²) in [4.78, 5) is 0. The highest BCUT2D eigenvalue weighted by molar-refractivity contribution is 4.87. The maximum Gasteiger partial charge on any atom is 0.152 e. The lowest BCUT2D eigenvalue weighted by Gasteiger charge is -2.07. The number of halogens is 4. The van der Waals surface area contributed by atoms with Crippen LogP contribution in [0, 0.1) is 0 Å². The van der Waals surface area contributed by atoms with Gasteiger partial charge in [-0.2, -0.15) is 0 Å². The molecule has 2 unspecified atom stereocenters. The van der Waals surface area contributed by atoms with Gasteiger partial charge in [-0.05, 0) is 18.9 Å². The summed E-state index contributed by atoms with van der Waals surface area (Å²) in [7, 11) is 0. The molecule has 0 aliphatic rings. The molecule has 0 aliphatic heterocycles. The molecule has 0 nitrogen and oxygen atoms in total. The van der Waals surface area contributed by atoms with Crippen molar-refractivity contribution in [2.24, 2.45) is 0 Å². The van der Waals surface area contributed by atoms with E-state index in [1.807, 2.05) is 0 Å². The summed E-state index contributed by atoms with van der Waals surface area (Å²) in [5.41, 5.74) is 0. The van der Waals surface area contributed by atoms with Crippen LogP contribution in [-0.4, -0.2) is 19.0 Å². The number of hydrogen-bond acceptors (Lipinski definition) is 0. The van der Waals surface area contributed by atoms with E-state index >= 15 is 0 Å². The van der Waals surface area contributed by atoms with Crippen LogP contribution >= 0.6 is 0 Å². The van der Waals surface area contributed by atoms with Crippen molar-refractivity contribution >= 4 is 0 Å². The quantitative estimate of drug-likeness (QED) is 0.556. The van der Waals surface area contributed by atoms with Gasteiger partial charge in [0.1, 0.15) is 6.17 Å². The Hall–Kier alpha value is -0.540. The summed E-state index contributed by atoms with van der Waals surface area (Å²) < 4.78 is 47.4. The Morgan fingerprint density at radius 2 is 1.91 bits per heavy atom. The van der Waals surface area contributed by atoms with Gasteiger partial charge in [0.15, 0.2) is 6.17 Å². The van der Waals surface area contributed by atoms with Crippen LogP contribution in [0.25, 0.3) is 0 Å². The van der Waals surface area contributed by atoms with E-state index in [1.54, 1.807) is 0 Å². The smallest absolute Gasteiger partial charge is 0.152 e. The minimum Gasteiger partial charge on any atom is -0.251 e. The summed E-state index contributed by atoms with van der Waals surface area (Å²) in [6.45, 7) is -0.674. The third-order valence-electron chi connectivity index (χ3n) is 1.22. The molecular weight excluding hydrogens is 160 g/mol. The van der Waals surface area contributed by atoms with Gasteiger partial charge in [0.2, 0.25) is 0 Å². The molecule has 0 rings (SSSR count). The van der Waals surface area contributed by atoms with Crippen LogP contribution in [0.15, 0.2) is 12.4 Å². The van der Waals surface area contributed by atoms with E-state index in [2.05, 4.69) is 0 Å². The fraction of sp³-hybridized carbons (Fsp3) is 0.714. The van der Waals surface area contributed by atoms with E-state index in [0.717, 1.165) is 0 Å². The molecule has 0 saturated carbocycles. The maximum atomic E-state index is 12.4. The summed E-state index contributed by atoms with van der Waals surface area (Å²) in [5, 5.41) is 0. The van der Waals surface area contributed by atoms with Gasteiger partial charge in [0.25, 0.3) is 0 Å². The van der Waals surface area contributed by atoms with Crippen LogP contribution in [0.5, 0.6) is 0 Å². The first-order valence-corrected chi connectivity index (χ1v) is 3.33. The van der Waals surface area contributed by atoms with Crippen molar-refractivity contribution in [3.63, 3.8) is 0 Å². The second kappa shape index (κ2) is 6.19. The highest BCUT2D eigenvalue weighted by atomic mass is 19.2. The van der Waals surface area contributed by atoms with E-state index in [1.165, 1.54) is 0 Å². The first-order chi connectivity index (χ1) is 5.22. The molecule has 0 aliphatic carbocycles. The average Bonchev–Trinajstić information content (AvgIpc) is 2.00. The highest BCUT2D eigenvalue weighted by Crippen LogP contribution is 2.11. The normalized spacial score (nSPS) is 17.1. The fourth-order valence-electron chi connectivity index (χ4n) is 0.621. The minimum absolute atomic E-state index is 0.0261. The van der Waals surface area contributed by atoms with Gasteiger partial charge >= 0.3 is 0 Å². The van der Waals surface area contributed by atoms with Gasteiger partial charge in [-0.3, -0.25) is 4.39 Å². The third kappa shape index (κ3) is 4.81. The van der Waals surface area contributed by atoms with Gasteiger partial charge < -0.3 is 0 Å². The Balaban J connectivity index is 3.54. The average molecular weight is 170 g/mol. The fourth-order valence-corrected chi connectivity index (χ4v) is 0.621. The molecule has 66 valence electrons. The highest BCUT2D eigenvalue weighted by Gasteiger charge is 2.16. The standard InChI is InChI=1S/C7H10F4/c8-4-1-2-6(10)7(11)3-5-9/h3,5-7H,1-2,4H2. The SMILES string of the molecule is FC=CC(F)C(F)CCCF.